The molecule has 28 nitrogen and oxygen atoms in total. The van der Waals surface area contributed by atoms with Crippen LogP contribution < -0.4 is 31.9 Å². The van der Waals surface area contributed by atoms with Gasteiger partial charge in [-0.15, -0.1) is 0 Å². The molecule has 0 bridgehead atoms. The number of hydrogen-bond acceptors (Lipinski definition) is 22. The molecule has 15 N–H and O–H groups in total. The van der Waals surface area contributed by atoms with Crippen LogP contribution in [0.1, 0.15) is 60.3 Å². The van der Waals surface area contributed by atoms with Gasteiger partial charge in [-0.25, -0.2) is 0 Å². The van der Waals surface area contributed by atoms with Gasteiger partial charge >= 0.3 is 0 Å². The zero-order valence-electron chi connectivity index (χ0n) is 42.9. The highest BCUT2D eigenvalue weighted by Gasteiger charge is 2.44. The Bertz CT molecular complexity index is 1640. The fourth-order valence-electron chi connectivity index (χ4n) is 8.19. The molecule has 428 valence electrons. The van der Waals surface area contributed by atoms with E-state index in [-0.39, 0.29) is 51.8 Å². The number of ether oxygens (including phenoxy) is 6. The van der Waals surface area contributed by atoms with Crippen molar-refractivity contribution in [3.8, 4) is 0 Å². The molecular weight excluding hydrogens is 987 g/mol. The maximum atomic E-state index is 13.8. The van der Waals surface area contributed by atoms with Gasteiger partial charge in [-0.1, -0.05) is 34.6 Å². The average molecular weight is 1070 g/mol. The molecule has 0 aromatic heterocycles. The number of rotatable bonds is 32. The molecule has 3 rings (SSSR count). The molecule has 0 saturated carbocycles. The molecule has 3 saturated heterocycles. The molecule has 0 aliphatic carbocycles. The molecule has 0 radical (unpaired) electrons. The third-order valence-electron chi connectivity index (χ3n) is 12.8. The number of hydrogen-bond donors (Lipinski definition) is 15. The minimum atomic E-state index is -1.28. The predicted octanol–water partition coefficient (Wildman–Crippen LogP) is -7.15. The number of aliphatic hydroxyl groups is 9. The Morgan fingerprint density at radius 1 is 0.473 bits per heavy atom. The van der Waals surface area contributed by atoms with Crippen molar-refractivity contribution >= 4 is 35.4 Å². The Labute approximate surface area is 430 Å². The first kappa shape index (κ1) is 64.5. The third kappa shape index (κ3) is 21.0. The summed E-state index contributed by atoms with van der Waals surface area (Å²) in [5, 5.41) is 105. The van der Waals surface area contributed by atoms with Gasteiger partial charge in [0.25, 0.3) is 0 Å². The second-order valence-electron chi connectivity index (χ2n) is 19.2. The van der Waals surface area contributed by atoms with Crippen molar-refractivity contribution in [2.24, 2.45) is 23.7 Å². The SMILES string of the molecule is CC(C)CC(C(=O)NCC(=O)NCCCOC1OC(CO)C(O)C(O)C1C)N(CC(=O)NCC(=O)NCCCOC1OC(CO)C(O)C(O)C1C)CC(=O)NCC(=O)NCCCOC1OC(CO)C(O)C(O)C1C. The van der Waals surface area contributed by atoms with Gasteiger partial charge < -0.3 is 106 Å². The zero-order chi connectivity index (χ0) is 55.1. The van der Waals surface area contributed by atoms with Crippen LogP contribution >= 0.6 is 0 Å². The van der Waals surface area contributed by atoms with E-state index in [1.54, 1.807) is 34.6 Å². The van der Waals surface area contributed by atoms with Gasteiger partial charge in [-0.05, 0) is 31.6 Å². The highest BCUT2D eigenvalue weighted by molar-refractivity contribution is 5.90. The van der Waals surface area contributed by atoms with Gasteiger partial charge in [0.05, 0.1) is 96.7 Å². The smallest absolute Gasteiger partial charge is 0.239 e. The Hall–Kier alpha value is -3.82. The topological polar surface area (TPSA) is 415 Å². The summed E-state index contributed by atoms with van der Waals surface area (Å²) in [6.07, 6.45) is -12.2. The molecule has 6 amide bonds. The largest absolute Gasteiger partial charge is 0.394 e. The van der Waals surface area contributed by atoms with E-state index in [9.17, 15) is 74.7 Å². The van der Waals surface area contributed by atoms with Crippen LogP contribution in [0.15, 0.2) is 0 Å². The van der Waals surface area contributed by atoms with Crippen molar-refractivity contribution in [3.63, 3.8) is 0 Å². The second kappa shape index (κ2) is 33.4. The van der Waals surface area contributed by atoms with Gasteiger partial charge in [0, 0.05) is 37.4 Å². The van der Waals surface area contributed by atoms with E-state index in [1.807, 2.05) is 0 Å². The van der Waals surface area contributed by atoms with Crippen molar-refractivity contribution in [1.29, 1.82) is 0 Å². The van der Waals surface area contributed by atoms with E-state index < -0.39 is 186 Å². The molecule has 3 aliphatic heterocycles. The van der Waals surface area contributed by atoms with E-state index in [1.165, 1.54) is 4.90 Å². The van der Waals surface area contributed by atoms with Crippen LogP contribution in [0.25, 0.3) is 0 Å². The maximum Gasteiger partial charge on any atom is 0.239 e. The fraction of sp³-hybridized carbons (Fsp3) is 0.870. The van der Waals surface area contributed by atoms with Gasteiger partial charge in [0.15, 0.2) is 18.9 Å². The van der Waals surface area contributed by atoms with E-state index in [4.69, 9.17) is 28.4 Å². The molecule has 0 aromatic rings. The molecule has 16 unspecified atom stereocenters. The number of carbonyl (C=O) groups is 6. The van der Waals surface area contributed by atoms with Gasteiger partial charge in [-0.2, -0.15) is 0 Å². The number of amides is 6. The summed E-state index contributed by atoms with van der Waals surface area (Å²) in [5.74, 6) is -5.89. The molecule has 16 atom stereocenters. The normalized spacial score (nSPS) is 30.6. The monoisotopic (exact) mass is 1070 g/mol. The highest BCUT2D eigenvalue weighted by atomic mass is 16.7. The quantitative estimate of drug-likeness (QED) is 0.0278. The second-order valence-corrected chi connectivity index (χ2v) is 19.2. The molecule has 3 fully saturated rings. The molecule has 0 aromatic carbocycles. The summed E-state index contributed by atoms with van der Waals surface area (Å²) in [5.41, 5.74) is 0. The Morgan fingerprint density at radius 3 is 1.08 bits per heavy atom. The summed E-state index contributed by atoms with van der Waals surface area (Å²) in [7, 11) is 0. The lowest BCUT2D eigenvalue weighted by molar-refractivity contribution is -0.282. The van der Waals surface area contributed by atoms with Crippen LogP contribution in [0.4, 0.5) is 0 Å². The first-order valence-corrected chi connectivity index (χ1v) is 25.2. The molecule has 0 spiro atoms. The van der Waals surface area contributed by atoms with Crippen LogP contribution in [0, 0.1) is 23.7 Å². The van der Waals surface area contributed by atoms with E-state index in [0.29, 0.717) is 19.3 Å². The van der Waals surface area contributed by atoms with Crippen LogP contribution in [0.2, 0.25) is 0 Å². The third-order valence-corrected chi connectivity index (χ3v) is 12.8. The lowest BCUT2D eigenvalue weighted by Crippen LogP contribution is -2.55. The summed E-state index contributed by atoms with van der Waals surface area (Å²) < 4.78 is 33.6. The standard InChI is InChI=1S/C46H83N7O21/c1-24(2)15-28(43(68)52-18-34(59)49-11-8-14-71-46-27(5)39(64)42(67)31(23-56)74-46)53(19-35(60)50-16-32(57)47-9-6-12-69-44-25(3)37(62)40(65)29(21-54)72-44)20-36(61)51-17-33(58)48-10-7-13-70-45-26(4)38(63)41(66)30(22-55)73-45/h24-31,37-42,44-46,54-56,62-67H,6-23H2,1-5H3,(H,47,57)(H,48,58)(H,49,59)(H,50,60)(H,51,61)(H,52,68). The van der Waals surface area contributed by atoms with Crippen LogP contribution in [-0.2, 0) is 57.2 Å². The van der Waals surface area contributed by atoms with Gasteiger partial charge in [0.1, 0.15) is 36.6 Å². The minimum Gasteiger partial charge on any atom is -0.394 e. The summed E-state index contributed by atoms with van der Waals surface area (Å²) in [4.78, 5) is 79.9. The van der Waals surface area contributed by atoms with Gasteiger partial charge in [0.2, 0.25) is 35.4 Å². The Morgan fingerprint density at radius 2 is 0.784 bits per heavy atom. The minimum absolute atomic E-state index is 0.0791. The van der Waals surface area contributed by atoms with Crippen molar-refractivity contribution in [1.82, 2.24) is 36.8 Å². The summed E-state index contributed by atoms with van der Waals surface area (Å²) >= 11 is 0. The molecule has 28 heteroatoms. The lowest BCUT2D eigenvalue weighted by Gasteiger charge is -2.40. The highest BCUT2D eigenvalue weighted by Crippen LogP contribution is 2.29. The van der Waals surface area contributed by atoms with E-state index in [2.05, 4.69) is 31.9 Å². The lowest BCUT2D eigenvalue weighted by atomic mass is 9.92. The molecule has 74 heavy (non-hydrogen) atoms. The van der Waals surface area contributed by atoms with E-state index >= 15 is 0 Å². The van der Waals surface area contributed by atoms with Crippen LogP contribution in [-0.4, -0.2) is 258 Å². The van der Waals surface area contributed by atoms with Crippen LogP contribution in [0.5, 0.6) is 0 Å². The Kier molecular flexibility index (Phi) is 29.1. The number of nitrogens with zero attached hydrogens (tertiary/aromatic N) is 1. The zero-order valence-corrected chi connectivity index (χ0v) is 42.9. The maximum absolute atomic E-state index is 13.8. The molecule has 3 aliphatic rings. The first-order valence-electron chi connectivity index (χ1n) is 25.2. The van der Waals surface area contributed by atoms with Crippen molar-refractivity contribution in [3.05, 3.63) is 0 Å². The van der Waals surface area contributed by atoms with Crippen molar-refractivity contribution < 1.29 is 103 Å². The average Bonchev–Trinajstić information content (AvgIpc) is 3.37. The fourth-order valence-corrected chi connectivity index (χ4v) is 8.19. The molecular formula is C46H83N7O21. The summed E-state index contributed by atoms with van der Waals surface area (Å²) in [6, 6.07) is -1.16. The first-order chi connectivity index (χ1) is 35.1. The van der Waals surface area contributed by atoms with Gasteiger partial charge in [-0.3, -0.25) is 33.7 Å². The number of nitrogens with one attached hydrogen (secondary N) is 6. The Balaban J connectivity index is 1.53. The van der Waals surface area contributed by atoms with Crippen molar-refractivity contribution in [2.75, 3.05) is 92.0 Å². The van der Waals surface area contributed by atoms with Crippen LogP contribution in [0.3, 0.4) is 0 Å². The number of carbonyl (C=O) groups excluding carboxylic acids is 6. The van der Waals surface area contributed by atoms with Crippen molar-refractivity contribution in [2.45, 2.75) is 140 Å². The predicted molar refractivity (Wildman–Crippen MR) is 255 cm³/mol. The van der Waals surface area contributed by atoms with E-state index in [0.717, 1.165) is 0 Å². The number of aliphatic hydroxyl groups excluding tert-OH is 9. The summed E-state index contributed by atoms with van der Waals surface area (Å²) in [6.45, 7) is 4.87. The molecule has 3 heterocycles.